The lowest BCUT2D eigenvalue weighted by molar-refractivity contribution is -0.143. The van der Waals surface area contributed by atoms with Crippen molar-refractivity contribution in [3.8, 4) is 0 Å². The van der Waals surface area contributed by atoms with Gasteiger partial charge in [-0.25, -0.2) is 4.79 Å². The largest absolute Gasteiger partial charge is 0.481 e. The molecule has 8 N–H and O–H groups in total. The molecule has 0 saturated carbocycles. The first-order chi connectivity index (χ1) is 15.4. The lowest BCUT2D eigenvalue weighted by atomic mass is 10.0. The summed E-state index contributed by atoms with van der Waals surface area (Å²) in [6.45, 7) is 2.54. The molecule has 1 rings (SSSR count). The number of carbonyl (C=O) groups excluding carboxylic acids is 3. The molecule has 0 aliphatic rings. The van der Waals surface area contributed by atoms with Gasteiger partial charge in [0.2, 0.25) is 17.7 Å². The molecule has 0 saturated heterocycles. The van der Waals surface area contributed by atoms with E-state index in [2.05, 4.69) is 16.0 Å². The summed E-state index contributed by atoms with van der Waals surface area (Å²) in [5.41, 5.74) is 6.70. The molecule has 1 aromatic carbocycles. The Kier molecular flexibility index (Phi) is 11.0. The third kappa shape index (κ3) is 9.66. The van der Waals surface area contributed by atoms with Gasteiger partial charge >= 0.3 is 11.9 Å². The number of amides is 3. The number of carboxylic acids is 2. The normalized spacial score (nSPS) is 15.3. The Morgan fingerprint density at radius 3 is 2.03 bits per heavy atom. The van der Waals surface area contributed by atoms with Gasteiger partial charge in [0.05, 0.1) is 12.1 Å². The summed E-state index contributed by atoms with van der Waals surface area (Å²) < 4.78 is 0. The SMILES string of the molecule is CC(NC(=O)C(NC(=O)C(N)Cc1ccccc1)C(C)O)C(=O)NC(CCC(=O)O)C(=O)O. The van der Waals surface area contributed by atoms with Gasteiger partial charge in [0.25, 0.3) is 0 Å². The fourth-order valence-corrected chi connectivity index (χ4v) is 2.82. The van der Waals surface area contributed by atoms with Crippen LogP contribution in [-0.4, -0.2) is 75.3 Å². The van der Waals surface area contributed by atoms with Gasteiger partial charge in [0.15, 0.2) is 0 Å². The maximum atomic E-state index is 12.5. The summed E-state index contributed by atoms with van der Waals surface area (Å²) in [4.78, 5) is 59.1. The minimum absolute atomic E-state index is 0.201. The van der Waals surface area contributed by atoms with Crippen LogP contribution in [0, 0.1) is 0 Å². The van der Waals surface area contributed by atoms with Crippen molar-refractivity contribution in [1.29, 1.82) is 0 Å². The Bertz CT molecular complexity index is 846. The zero-order chi connectivity index (χ0) is 25.1. The Morgan fingerprint density at radius 2 is 1.52 bits per heavy atom. The Morgan fingerprint density at radius 1 is 0.909 bits per heavy atom. The minimum atomic E-state index is -1.46. The number of hydrogen-bond donors (Lipinski definition) is 7. The zero-order valence-corrected chi connectivity index (χ0v) is 18.4. The van der Waals surface area contributed by atoms with E-state index in [9.17, 15) is 29.1 Å². The fraction of sp³-hybridized carbons (Fsp3) is 0.476. The standard InChI is InChI=1S/C21H30N4O8/c1-11(18(29)24-15(21(32)33)8-9-16(27)28)23-20(31)17(12(2)26)25-19(30)14(22)10-13-6-4-3-5-7-13/h3-7,11-12,14-15,17,26H,8-10,22H2,1-2H3,(H,23,31)(H,24,29)(H,25,30)(H,27,28)(H,32,33). The van der Waals surface area contributed by atoms with Crippen molar-refractivity contribution in [1.82, 2.24) is 16.0 Å². The Hall–Kier alpha value is -3.51. The summed E-state index contributed by atoms with van der Waals surface area (Å²) in [5.74, 6) is -5.10. The molecule has 182 valence electrons. The van der Waals surface area contributed by atoms with Gasteiger partial charge in [-0.2, -0.15) is 0 Å². The summed E-state index contributed by atoms with van der Waals surface area (Å²) in [6, 6.07) is 3.84. The highest BCUT2D eigenvalue weighted by Crippen LogP contribution is 2.04. The first kappa shape index (κ1) is 27.5. The van der Waals surface area contributed by atoms with E-state index in [0.717, 1.165) is 5.56 Å². The highest BCUT2D eigenvalue weighted by Gasteiger charge is 2.31. The fourth-order valence-electron chi connectivity index (χ4n) is 2.82. The molecule has 0 aliphatic carbocycles. The Balaban J connectivity index is 2.71. The van der Waals surface area contributed by atoms with Gasteiger partial charge in [-0.05, 0) is 32.3 Å². The average Bonchev–Trinajstić information content (AvgIpc) is 2.74. The van der Waals surface area contributed by atoms with Crippen molar-refractivity contribution >= 4 is 29.7 Å². The van der Waals surface area contributed by atoms with Crippen LogP contribution in [0.4, 0.5) is 0 Å². The molecule has 33 heavy (non-hydrogen) atoms. The summed E-state index contributed by atoms with van der Waals surface area (Å²) in [6.07, 6.45) is -1.94. The van der Waals surface area contributed by atoms with Crippen LogP contribution >= 0.6 is 0 Å². The number of hydrogen-bond acceptors (Lipinski definition) is 7. The van der Waals surface area contributed by atoms with Crippen LogP contribution in [0.5, 0.6) is 0 Å². The predicted molar refractivity (Wildman–Crippen MR) is 116 cm³/mol. The number of carbonyl (C=O) groups is 5. The maximum absolute atomic E-state index is 12.5. The Labute approximate surface area is 190 Å². The smallest absolute Gasteiger partial charge is 0.326 e. The van der Waals surface area contributed by atoms with Crippen LogP contribution in [0.1, 0.15) is 32.3 Å². The second-order valence-corrected chi connectivity index (χ2v) is 7.59. The molecule has 0 heterocycles. The molecule has 12 nitrogen and oxygen atoms in total. The average molecular weight is 466 g/mol. The van der Waals surface area contributed by atoms with Crippen molar-refractivity contribution in [2.75, 3.05) is 0 Å². The number of nitrogens with two attached hydrogens (primary N) is 1. The van der Waals surface area contributed by atoms with Gasteiger partial charge in [-0.1, -0.05) is 30.3 Å². The van der Waals surface area contributed by atoms with Crippen molar-refractivity contribution in [2.45, 2.75) is 63.4 Å². The van der Waals surface area contributed by atoms with Gasteiger partial charge in [0, 0.05) is 6.42 Å². The van der Waals surface area contributed by atoms with Gasteiger partial charge in [0.1, 0.15) is 18.1 Å². The number of benzene rings is 1. The van der Waals surface area contributed by atoms with Crippen molar-refractivity contribution < 1.29 is 39.3 Å². The van der Waals surface area contributed by atoms with E-state index in [0.29, 0.717) is 0 Å². The highest BCUT2D eigenvalue weighted by molar-refractivity contribution is 5.94. The summed E-state index contributed by atoms with van der Waals surface area (Å²) >= 11 is 0. The molecule has 0 radical (unpaired) electrons. The number of rotatable bonds is 13. The van der Waals surface area contributed by atoms with Crippen LogP contribution in [-0.2, 0) is 30.4 Å². The molecule has 0 aliphatic heterocycles. The molecular formula is C21H30N4O8. The van der Waals surface area contributed by atoms with Gasteiger partial charge in [-0.15, -0.1) is 0 Å². The van der Waals surface area contributed by atoms with E-state index in [1.807, 2.05) is 6.07 Å². The molecule has 0 bridgehead atoms. The van der Waals surface area contributed by atoms with E-state index in [1.54, 1.807) is 24.3 Å². The van der Waals surface area contributed by atoms with Crippen LogP contribution in [0.15, 0.2) is 30.3 Å². The number of aliphatic carboxylic acids is 2. The summed E-state index contributed by atoms with van der Waals surface area (Å²) in [7, 11) is 0. The number of aliphatic hydroxyl groups excluding tert-OH is 1. The van der Waals surface area contributed by atoms with E-state index < -0.39 is 66.4 Å². The molecule has 1 aromatic rings. The van der Waals surface area contributed by atoms with Crippen molar-refractivity contribution in [3.05, 3.63) is 35.9 Å². The van der Waals surface area contributed by atoms with E-state index in [-0.39, 0.29) is 12.8 Å². The number of aliphatic hydroxyl groups is 1. The topological polar surface area (TPSA) is 208 Å². The van der Waals surface area contributed by atoms with Gasteiger partial charge in [-0.3, -0.25) is 19.2 Å². The molecular weight excluding hydrogens is 436 g/mol. The molecule has 5 unspecified atom stereocenters. The van der Waals surface area contributed by atoms with Gasteiger partial charge < -0.3 is 37.0 Å². The molecule has 3 amide bonds. The highest BCUT2D eigenvalue weighted by atomic mass is 16.4. The molecule has 5 atom stereocenters. The van der Waals surface area contributed by atoms with E-state index in [1.165, 1.54) is 13.8 Å². The zero-order valence-electron chi connectivity index (χ0n) is 18.4. The first-order valence-corrected chi connectivity index (χ1v) is 10.3. The quantitative estimate of drug-likeness (QED) is 0.178. The van der Waals surface area contributed by atoms with Crippen molar-refractivity contribution in [3.63, 3.8) is 0 Å². The molecule has 0 spiro atoms. The van der Waals surface area contributed by atoms with Crippen LogP contribution in [0.2, 0.25) is 0 Å². The third-order valence-corrected chi connectivity index (χ3v) is 4.71. The van der Waals surface area contributed by atoms with Crippen LogP contribution in [0.25, 0.3) is 0 Å². The minimum Gasteiger partial charge on any atom is -0.481 e. The van der Waals surface area contributed by atoms with E-state index in [4.69, 9.17) is 15.9 Å². The molecule has 0 aromatic heterocycles. The second kappa shape index (κ2) is 13.1. The van der Waals surface area contributed by atoms with Crippen molar-refractivity contribution in [2.24, 2.45) is 5.73 Å². The van der Waals surface area contributed by atoms with Crippen LogP contribution < -0.4 is 21.7 Å². The predicted octanol–water partition coefficient (Wildman–Crippen LogP) is -1.64. The maximum Gasteiger partial charge on any atom is 0.326 e. The number of nitrogens with one attached hydrogen (secondary N) is 3. The molecule has 0 fully saturated rings. The monoisotopic (exact) mass is 466 g/mol. The molecule has 12 heteroatoms. The summed E-state index contributed by atoms with van der Waals surface area (Å²) in [5, 5.41) is 34.5. The lowest BCUT2D eigenvalue weighted by Gasteiger charge is -2.25. The lowest BCUT2D eigenvalue weighted by Crippen LogP contribution is -2.59. The second-order valence-electron chi connectivity index (χ2n) is 7.59. The first-order valence-electron chi connectivity index (χ1n) is 10.3. The van der Waals surface area contributed by atoms with Crippen LogP contribution in [0.3, 0.4) is 0 Å². The van der Waals surface area contributed by atoms with E-state index >= 15 is 0 Å². The number of carboxylic acid groups (broad SMARTS) is 2. The third-order valence-electron chi connectivity index (χ3n) is 4.71.